The summed E-state index contributed by atoms with van der Waals surface area (Å²) >= 11 is 0. The predicted molar refractivity (Wildman–Crippen MR) is 152 cm³/mol. The Hall–Kier alpha value is -4.61. The fraction of sp³-hybridized carbons (Fsp3) is 0.226. The molecule has 1 aromatic heterocycles. The van der Waals surface area contributed by atoms with Crippen LogP contribution in [-0.4, -0.2) is 70.6 Å². The number of pyridine rings is 1. The Morgan fingerprint density at radius 1 is 1.10 bits per heavy atom. The Morgan fingerprint density at radius 2 is 1.71 bits per heavy atom. The second-order valence-corrected chi connectivity index (χ2v) is 12.5. The van der Waals surface area contributed by atoms with Crippen molar-refractivity contribution < 1.29 is 37.4 Å². The molecule has 5 rings (SSSR count). The number of aliphatic hydroxyl groups excluding tert-OH is 1. The highest BCUT2D eigenvalue weighted by Crippen LogP contribution is 2.49. The number of benzene rings is 2. The van der Waals surface area contributed by atoms with Crippen LogP contribution in [0.15, 0.2) is 97.2 Å². The molecule has 2 aliphatic rings. The molecule has 0 bridgehead atoms. The molecule has 42 heavy (non-hydrogen) atoms. The summed E-state index contributed by atoms with van der Waals surface area (Å²) in [5.41, 5.74) is 1.44. The van der Waals surface area contributed by atoms with Gasteiger partial charge >= 0.3 is 11.9 Å². The van der Waals surface area contributed by atoms with Crippen LogP contribution in [0.1, 0.15) is 40.2 Å². The number of aliphatic hydroxyl groups is 1. The van der Waals surface area contributed by atoms with Crippen LogP contribution < -0.4 is 0 Å². The van der Waals surface area contributed by atoms with Crippen LogP contribution >= 0.6 is 0 Å². The maximum Gasteiger partial charge on any atom is 0.338 e. The van der Waals surface area contributed by atoms with E-state index in [2.05, 4.69) is 11.6 Å². The zero-order valence-electron chi connectivity index (χ0n) is 22.6. The molecule has 2 aliphatic heterocycles. The van der Waals surface area contributed by atoms with E-state index in [1.54, 1.807) is 48.5 Å². The molecule has 3 atom stereocenters. The van der Waals surface area contributed by atoms with Crippen molar-refractivity contribution in [2.75, 3.05) is 13.2 Å². The van der Waals surface area contributed by atoms with E-state index in [-0.39, 0.29) is 23.4 Å². The van der Waals surface area contributed by atoms with E-state index in [4.69, 9.17) is 9.47 Å². The summed E-state index contributed by atoms with van der Waals surface area (Å²) in [6.45, 7) is 3.79. The molecular formula is C31H28N2O8S. The van der Waals surface area contributed by atoms with Gasteiger partial charge in [0.2, 0.25) is 0 Å². The molecule has 0 spiro atoms. The smallest absolute Gasteiger partial charge is 0.338 e. The van der Waals surface area contributed by atoms with Crippen molar-refractivity contribution >= 4 is 33.8 Å². The van der Waals surface area contributed by atoms with Crippen molar-refractivity contribution in [2.45, 2.75) is 29.2 Å². The van der Waals surface area contributed by atoms with Crippen LogP contribution in [0.3, 0.4) is 0 Å². The molecule has 10 nitrogen and oxygen atoms in total. The monoisotopic (exact) mass is 588 g/mol. The second-order valence-electron chi connectivity index (χ2n) is 10.1. The number of rotatable bonds is 9. The fourth-order valence-corrected chi connectivity index (χ4v) is 7.42. The molecule has 11 heteroatoms. The molecule has 3 aromatic rings. The summed E-state index contributed by atoms with van der Waals surface area (Å²) in [7, 11) is -4.32. The standard InChI is InChI=1S/C31H28N2O8S/c1-3-16-40-29(36)22-14-15-32-23(17-22)18-24-27(35)33-26(31(2,19-34)42(38,39)28(24)33)30(37)41-25(20-10-6-4-7-11-20)21-12-8-5-9-13-21/h3-15,17-18,25-26,28,34H,1,16,19H2,2H3/b24-18-/t26-,28+,31-/m0/s1. The van der Waals surface area contributed by atoms with Gasteiger partial charge in [-0.3, -0.25) is 9.78 Å². The van der Waals surface area contributed by atoms with E-state index >= 15 is 0 Å². The molecule has 1 N–H and O–H groups in total. The molecular weight excluding hydrogens is 560 g/mol. The number of amides is 1. The minimum absolute atomic E-state index is 0.00201. The van der Waals surface area contributed by atoms with Crippen LogP contribution in [0.4, 0.5) is 0 Å². The van der Waals surface area contributed by atoms with E-state index in [1.165, 1.54) is 37.4 Å². The van der Waals surface area contributed by atoms with Gasteiger partial charge in [0.05, 0.1) is 23.4 Å². The molecule has 3 heterocycles. The quantitative estimate of drug-likeness (QED) is 0.173. The number of esters is 2. The number of nitrogens with zero attached hydrogens (tertiary/aromatic N) is 2. The average Bonchev–Trinajstić information content (AvgIpc) is 3.18. The maximum atomic E-state index is 13.8. The van der Waals surface area contributed by atoms with Crippen LogP contribution in [0.2, 0.25) is 0 Å². The van der Waals surface area contributed by atoms with Crippen molar-refractivity contribution in [3.8, 4) is 0 Å². The van der Waals surface area contributed by atoms with E-state index < -0.39 is 56.6 Å². The second kappa shape index (κ2) is 11.3. The van der Waals surface area contributed by atoms with Crippen molar-refractivity contribution in [3.05, 3.63) is 120 Å². The Morgan fingerprint density at radius 3 is 2.29 bits per heavy atom. The first-order valence-corrected chi connectivity index (χ1v) is 14.6. The van der Waals surface area contributed by atoms with Gasteiger partial charge in [0.15, 0.2) is 27.4 Å². The number of carbonyl (C=O) groups excluding carboxylic acids is 3. The highest BCUT2D eigenvalue weighted by atomic mass is 32.2. The maximum absolute atomic E-state index is 13.8. The van der Waals surface area contributed by atoms with Crippen molar-refractivity contribution in [1.29, 1.82) is 0 Å². The summed E-state index contributed by atoms with van der Waals surface area (Å²) in [6, 6.07) is 19.0. The lowest BCUT2D eigenvalue weighted by Crippen LogP contribution is -2.60. The number of β-lactam (4-membered cyclic amide) rings is 1. The van der Waals surface area contributed by atoms with E-state index in [0.717, 1.165) is 4.90 Å². The third kappa shape index (κ3) is 4.80. The van der Waals surface area contributed by atoms with Crippen LogP contribution in [0.5, 0.6) is 0 Å². The van der Waals surface area contributed by atoms with E-state index in [0.29, 0.717) is 11.1 Å². The number of hydrogen-bond acceptors (Lipinski definition) is 9. The first-order valence-electron chi connectivity index (χ1n) is 13.1. The molecule has 0 unspecified atom stereocenters. The first-order chi connectivity index (χ1) is 20.1. The van der Waals surface area contributed by atoms with E-state index in [9.17, 15) is 27.9 Å². The van der Waals surface area contributed by atoms with Gasteiger partial charge in [0, 0.05) is 6.20 Å². The highest BCUT2D eigenvalue weighted by Gasteiger charge is 2.72. The Kier molecular flexibility index (Phi) is 7.81. The molecule has 2 fully saturated rings. The van der Waals surface area contributed by atoms with Gasteiger partial charge in [-0.2, -0.15) is 0 Å². The first kappa shape index (κ1) is 28.9. The van der Waals surface area contributed by atoms with Crippen LogP contribution in [0.25, 0.3) is 6.08 Å². The van der Waals surface area contributed by atoms with Gasteiger partial charge in [0.1, 0.15) is 11.4 Å². The lowest BCUT2D eigenvalue weighted by Gasteiger charge is -2.39. The van der Waals surface area contributed by atoms with Gasteiger partial charge in [-0.15, -0.1) is 0 Å². The third-order valence-electron chi connectivity index (χ3n) is 7.43. The lowest BCUT2D eigenvalue weighted by atomic mass is 9.94. The fourth-order valence-electron chi connectivity index (χ4n) is 5.19. The topological polar surface area (TPSA) is 140 Å². The number of fused-ring (bicyclic) bond motifs is 1. The Balaban J connectivity index is 1.48. The van der Waals surface area contributed by atoms with Crippen LogP contribution in [0, 0.1) is 0 Å². The normalized spacial score (nSPS) is 23.3. The summed E-state index contributed by atoms with van der Waals surface area (Å²) in [5, 5.41) is 8.82. The van der Waals surface area contributed by atoms with Crippen molar-refractivity contribution in [1.82, 2.24) is 9.88 Å². The molecule has 0 radical (unpaired) electrons. The number of hydrogen-bond donors (Lipinski definition) is 1. The molecule has 1 amide bonds. The number of ether oxygens (including phenoxy) is 2. The minimum Gasteiger partial charge on any atom is -0.458 e. The van der Waals surface area contributed by atoms with Crippen LogP contribution in [-0.2, 0) is 28.9 Å². The summed E-state index contributed by atoms with van der Waals surface area (Å²) in [4.78, 5) is 44.5. The van der Waals surface area contributed by atoms with E-state index in [1.807, 2.05) is 12.1 Å². The summed E-state index contributed by atoms with van der Waals surface area (Å²) in [5.74, 6) is -2.33. The Labute approximate surface area is 242 Å². The molecule has 0 saturated carbocycles. The largest absolute Gasteiger partial charge is 0.458 e. The number of carbonyl (C=O) groups is 3. The highest BCUT2D eigenvalue weighted by molar-refractivity contribution is 7.94. The number of aromatic nitrogens is 1. The SMILES string of the molecule is C=CCOC(=O)c1ccnc(/C=C2/C(=O)N3[C@@H](C(=O)OC(c4ccccc4)c4ccccc4)[C@](C)(CO)S(=O)(=O)[C@H]23)c1. The van der Waals surface area contributed by atoms with Gasteiger partial charge < -0.3 is 19.5 Å². The predicted octanol–water partition coefficient (Wildman–Crippen LogP) is 2.86. The van der Waals surface area contributed by atoms with Gasteiger partial charge in [-0.25, -0.2) is 18.0 Å². The average molecular weight is 589 g/mol. The minimum atomic E-state index is -4.32. The van der Waals surface area contributed by atoms with Crippen molar-refractivity contribution in [2.24, 2.45) is 0 Å². The molecule has 0 aliphatic carbocycles. The van der Waals surface area contributed by atoms with Crippen molar-refractivity contribution in [3.63, 3.8) is 0 Å². The zero-order valence-corrected chi connectivity index (χ0v) is 23.4. The van der Waals surface area contributed by atoms with Gasteiger partial charge in [-0.1, -0.05) is 73.3 Å². The summed E-state index contributed by atoms with van der Waals surface area (Å²) in [6.07, 6.45) is 3.11. The lowest BCUT2D eigenvalue weighted by molar-refractivity contribution is -0.161. The number of sulfone groups is 1. The Bertz CT molecular complexity index is 1630. The molecule has 2 saturated heterocycles. The van der Waals surface area contributed by atoms with Gasteiger partial charge in [0.25, 0.3) is 5.91 Å². The summed E-state index contributed by atoms with van der Waals surface area (Å²) < 4.78 is 36.5. The zero-order chi connectivity index (χ0) is 30.1. The molecule has 2 aromatic carbocycles. The van der Waals surface area contributed by atoms with Gasteiger partial charge in [-0.05, 0) is 36.3 Å². The molecule has 216 valence electrons. The third-order valence-corrected chi connectivity index (χ3v) is 10.2.